The van der Waals surface area contributed by atoms with Gasteiger partial charge in [-0.05, 0) is 64.9 Å². The van der Waals surface area contributed by atoms with Crippen LogP contribution in [0.5, 0.6) is 0 Å². The number of hydrogen-bond acceptors (Lipinski definition) is 4. The molecule has 1 saturated heterocycles. The highest BCUT2D eigenvalue weighted by atomic mass is 32.1. The third kappa shape index (κ3) is 2.53. The lowest BCUT2D eigenvalue weighted by Gasteiger charge is -2.18. The lowest BCUT2D eigenvalue weighted by Crippen LogP contribution is -2.33. The van der Waals surface area contributed by atoms with Crippen LogP contribution < -0.4 is 4.90 Å². The second-order valence-electron chi connectivity index (χ2n) is 9.03. The molecule has 2 heterocycles. The summed E-state index contributed by atoms with van der Waals surface area (Å²) in [6.07, 6.45) is 2.06. The van der Waals surface area contributed by atoms with E-state index in [0.717, 1.165) is 34.5 Å². The van der Waals surface area contributed by atoms with Crippen LogP contribution in [0, 0.1) is 44.4 Å². The minimum atomic E-state index is -0.181. The van der Waals surface area contributed by atoms with Crippen molar-refractivity contribution >= 4 is 28.3 Å². The van der Waals surface area contributed by atoms with Gasteiger partial charge >= 0.3 is 0 Å². The standard InChI is InChI=1S/C24H26N2O2S/c1-11(2)18-16-8-9-17(18)20-19(16)22(27)26(23(20)28)24-25-21(14(5)29-24)15-7-6-12(3)10-13(15)4/h6-7,10,16-17,19-20H,8-9H2,1-5H3/t16-,17-,19-,20+/m1/s1. The number of allylic oxidation sites excluding steroid dienone is 2. The molecular weight excluding hydrogens is 380 g/mol. The van der Waals surface area contributed by atoms with Crippen molar-refractivity contribution in [3.8, 4) is 11.3 Å². The Morgan fingerprint density at radius 3 is 2.21 bits per heavy atom. The molecule has 1 aromatic heterocycles. The Balaban J connectivity index is 1.53. The average molecular weight is 407 g/mol. The van der Waals surface area contributed by atoms with Gasteiger partial charge in [0.15, 0.2) is 5.13 Å². The molecule has 2 aliphatic carbocycles. The van der Waals surface area contributed by atoms with Gasteiger partial charge in [0.1, 0.15) is 0 Å². The summed E-state index contributed by atoms with van der Waals surface area (Å²) in [6, 6.07) is 6.30. The number of nitrogens with zero attached hydrogens (tertiary/aromatic N) is 2. The number of aromatic nitrogens is 1. The van der Waals surface area contributed by atoms with Crippen molar-refractivity contribution in [1.29, 1.82) is 0 Å². The first-order chi connectivity index (χ1) is 13.8. The van der Waals surface area contributed by atoms with E-state index < -0.39 is 0 Å². The summed E-state index contributed by atoms with van der Waals surface area (Å²) >= 11 is 1.46. The monoisotopic (exact) mass is 406 g/mol. The lowest BCUT2D eigenvalue weighted by atomic mass is 9.81. The Bertz CT molecular complexity index is 1060. The van der Waals surface area contributed by atoms with E-state index in [9.17, 15) is 9.59 Å². The van der Waals surface area contributed by atoms with Crippen molar-refractivity contribution in [2.45, 2.75) is 47.5 Å². The summed E-state index contributed by atoms with van der Waals surface area (Å²) in [6.45, 7) is 10.4. The van der Waals surface area contributed by atoms with Crippen LogP contribution in [-0.2, 0) is 9.59 Å². The fourth-order valence-corrected chi connectivity index (χ4v) is 6.92. The first kappa shape index (κ1) is 18.7. The van der Waals surface area contributed by atoms with Crippen LogP contribution in [0.1, 0.15) is 42.7 Å². The van der Waals surface area contributed by atoms with Gasteiger partial charge < -0.3 is 0 Å². The maximum atomic E-state index is 13.4. The van der Waals surface area contributed by atoms with E-state index in [2.05, 4.69) is 45.9 Å². The predicted octanol–water partition coefficient (Wildman–Crippen LogP) is 5.22. The van der Waals surface area contributed by atoms with E-state index in [1.165, 1.54) is 32.9 Å². The number of hydrogen-bond donors (Lipinski definition) is 0. The largest absolute Gasteiger partial charge is 0.274 e. The second-order valence-corrected chi connectivity index (χ2v) is 10.2. The van der Waals surface area contributed by atoms with Gasteiger partial charge in [-0.25, -0.2) is 9.88 Å². The van der Waals surface area contributed by atoms with Crippen LogP contribution >= 0.6 is 11.3 Å². The van der Waals surface area contributed by atoms with Crippen molar-refractivity contribution in [1.82, 2.24) is 4.98 Å². The quantitative estimate of drug-likeness (QED) is 0.508. The summed E-state index contributed by atoms with van der Waals surface area (Å²) in [5.74, 6) is 0.0613. The molecule has 2 bridgehead atoms. The summed E-state index contributed by atoms with van der Waals surface area (Å²) in [5.41, 5.74) is 7.00. The average Bonchev–Trinajstić information content (AvgIpc) is 3.37. The maximum Gasteiger partial charge on any atom is 0.240 e. The highest BCUT2D eigenvalue weighted by Crippen LogP contribution is 2.60. The van der Waals surface area contributed by atoms with Gasteiger partial charge in [-0.2, -0.15) is 0 Å². The zero-order valence-corrected chi connectivity index (χ0v) is 18.4. The maximum absolute atomic E-state index is 13.4. The van der Waals surface area contributed by atoms with Crippen molar-refractivity contribution in [2.75, 3.05) is 4.90 Å². The smallest absolute Gasteiger partial charge is 0.240 e. The molecule has 0 unspecified atom stereocenters. The van der Waals surface area contributed by atoms with Crippen LogP contribution in [0.25, 0.3) is 11.3 Å². The fourth-order valence-electron chi connectivity index (χ4n) is 5.99. The molecule has 4 atom stereocenters. The zero-order chi connectivity index (χ0) is 20.6. The number of carbonyl (C=O) groups excluding carboxylic acids is 2. The van der Waals surface area contributed by atoms with Crippen LogP contribution in [-0.4, -0.2) is 16.8 Å². The van der Waals surface area contributed by atoms with Crippen molar-refractivity contribution in [3.05, 3.63) is 45.3 Å². The predicted molar refractivity (Wildman–Crippen MR) is 116 cm³/mol. The molecule has 3 fully saturated rings. The number of rotatable bonds is 2. The minimum Gasteiger partial charge on any atom is -0.274 e. The van der Waals surface area contributed by atoms with Gasteiger partial charge in [0.25, 0.3) is 0 Å². The second kappa shape index (κ2) is 6.36. The van der Waals surface area contributed by atoms with Crippen LogP contribution in [0.4, 0.5) is 5.13 Å². The first-order valence-corrected chi connectivity index (χ1v) is 11.2. The van der Waals surface area contributed by atoms with E-state index >= 15 is 0 Å². The molecule has 5 heteroatoms. The van der Waals surface area contributed by atoms with E-state index in [1.807, 2.05) is 6.92 Å². The van der Waals surface area contributed by atoms with Crippen molar-refractivity contribution < 1.29 is 9.59 Å². The summed E-state index contributed by atoms with van der Waals surface area (Å²) in [5, 5.41) is 0.542. The Morgan fingerprint density at radius 1 is 1.03 bits per heavy atom. The molecule has 29 heavy (non-hydrogen) atoms. The molecule has 1 aromatic carbocycles. The van der Waals surface area contributed by atoms with E-state index in [-0.39, 0.29) is 35.5 Å². The van der Waals surface area contributed by atoms with Gasteiger partial charge in [0.2, 0.25) is 11.8 Å². The van der Waals surface area contributed by atoms with Gasteiger partial charge in [-0.15, -0.1) is 11.3 Å². The van der Waals surface area contributed by atoms with Gasteiger partial charge in [-0.1, -0.05) is 34.9 Å². The molecule has 0 N–H and O–H groups in total. The Labute approximate surface area is 175 Å². The molecule has 0 radical (unpaired) electrons. The van der Waals surface area contributed by atoms with Gasteiger partial charge in [0, 0.05) is 10.4 Å². The molecule has 3 aliphatic rings. The summed E-state index contributed by atoms with van der Waals surface area (Å²) < 4.78 is 0. The topological polar surface area (TPSA) is 50.3 Å². The highest BCUT2D eigenvalue weighted by molar-refractivity contribution is 7.16. The van der Waals surface area contributed by atoms with Crippen LogP contribution in [0.3, 0.4) is 0 Å². The minimum absolute atomic E-state index is 0.0353. The number of fused-ring (bicyclic) bond motifs is 5. The number of benzene rings is 1. The normalized spacial score (nSPS) is 27.9. The third-order valence-corrected chi connectivity index (χ3v) is 8.00. The van der Waals surface area contributed by atoms with Crippen LogP contribution in [0.15, 0.2) is 29.3 Å². The number of imide groups is 1. The van der Waals surface area contributed by atoms with Crippen LogP contribution in [0.2, 0.25) is 0 Å². The lowest BCUT2D eigenvalue weighted by molar-refractivity contribution is -0.123. The Kier molecular flexibility index (Phi) is 4.11. The molecule has 4 nitrogen and oxygen atoms in total. The molecular formula is C24H26N2O2S. The number of aryl methyl sites for hydroxylation is 3. The number of anilines is 1. The molecule has 2 saturated carbocycles. The zero-order valence-electron chi connectivity index (χ0n) is 17.6. The SMILES string of the molecule is CC(C)=C1[C@H]2CC[C@H]1[C@H]1C(=O)N(c3nc(-c4ccc(C)cc4C)c(C)s3)C(=O)[C@H]12. The highest BCUT2D eigenvalue weighted by Gasteiger charge is 2.64. The number of carbonyl (C=O) groups is 2. The van der Waals surface area contributed by atoms with Gasteiger partial charge in [0.05, 0.1) is 17.5 Å². The first-order valence-electron chi connectivity index (χ1n) is 10.4. The van der Waals surface area contributed by atoms with E-state index in [1.54, 1.807) is 0 Å². The van der Waals surface area contributed by atoms with E-state index in [4.69, 9.17) is 4.98 Å². The van der Waals surface area contributed by atoms with E-state index in [0.29, 0.717) is 5.13 Å². The fraction of sp³-hybridized carbons (Fsp3) is 0.458. The van der Waals surface area contributed by atoms with Crippen molar-refractivity contribution in [3.63, 3.8) is 0 Å². The summed E-state index contributed by atoms with van der Waals surface area (Å²) in [7, 11) is 0. The molecule has 0 spiro atoms. The Hall–Kier alpha value is -2.27. The number of thiazole rings is 1. The molecule has 5 rings (SSSR count). The molecule has 2 amide bonds. The Morgan fingerprint density at radius 2 is 1.66 bits per heavy atom. The molecule has 1 aliphatic heterocycles. The third-order valence-electron chi connectivity index (χ3n) is 7.04. The molecule has 150 valence electrons. The van der Waals surface area contributed by atoms with Gasteiger partial charge in [-0.3, -0.25) is 9.59 Å². The molecule has 2 aromatic rings. The van der Waals surface area contributed by atoms with Crippen molar-refractivity contribution in [2.24, 2.45) is 23.7 Å². The summed E-state index contributed by atoms with van der Waals surface area (Å²) in [4.78, 5) is 34.0. The number of amides is 2.